The quantitative estimate of drug-likeness (QED) is 0.430. The van der Waals surface area contributed by atoms with Crippen LogP contribution in [0.4, 0.5) is 0 Å². The molecule has 5 atom stereocenters. The van der Waals surface area contributed by atoms with E-state index in [0.29, 0.717) is 13.2 Å². The first kappa shape index (κ1) is 22.1. The van der Waals surface area contributed by atoms with E-state index in [1.165, 1.54) is 0 Å². The number of hydrogen-bond donors (Lipinski definition) is 0. The van der Waals surface area contributed by atoms with E-state index in [1.807, 2.05) is 24.3 Å². The fraction of sp³-hybridized carbons (Fsp3) is 0.714. The van der Waals surface area contributed by atoms with Crippen LogP contribution in [0.5, 0.6) is 5.75 Å². The van der Waals surface area contributed by atoms with Crippen molar-refractivity contribution in [3.63, 3.8) is 0 Å². The number of rotatable bonds is 11. The fourth-order valence-electron chi connectivity index (χ4n) is 3.62. The predicted octanol–water partition coefficient (Wildman–Crippen LogP) is 3.62. The van der Waals surface area contributed by atoms with E-state index in [4.69, 9.17) is 28.4 Å². The van der Waals surface area contributed by atoms with Gasteiger partial charge in [0.25, 0.3) is 0 Å². The van der Waals surface area contributed by atoms with Crippen molar-refractivity contribution in [1.29, 1.82) is 0 Å². The number of benzene rings is 1. The maximum atomic E-state index is 6.15. The Labute approximate surface area is 163 Å². The van der Waals surface area contributed by atoms with Gasteiger partial charge in [0, 0.05) is 32.7 Å². The summed E-state index contributed by atoms with van der Waals surface area (Å²) in [5, 5.41) is 0. The van der Waals surface area contributed by atoms with Gasteiger partial charge in [-0.25, -0.2) is 0 Å². The molecule has 1 aromatic carbocycles. The van der Waals surface area contributed by atoms with Crippen molar-refractivity contribution in [3.8, 4) is 5.75 Å². The summed E-state index contributed by atoms with van der Waals surface area (Å²) in [5.74, 6) is 1.28. The Hall–Kier alpha value is -1.18. The van der Waals surface area contributed by atoms with Crippen LogP contribution in [0.2, 0.25) is 0 Å². The molecule has 1 heterocycles. The molecule has 0 unspecified atom stereocenters. The lowest BCUT2D eigenvalue weighted by Crippen LogP contribution is -2.50. The molecular weight excluding hydrogens is 348 g/mol. The van der Waals surface area contributed by atoms with Gasteiger partial charge in [0.05, 0.1) is 25.9 Å². The lowest BCUT2D eigenvalue weighted by atomic mass is 9.84. The minimum atomic E-state index is -0.256. The Morgan fingerprint density at radius 1 is 1.00 bits per heavy atom. The normalized spacial score (nSPS) is 28.3. The van der Waals surface area contributed by atoms with E-state index in [1.54, 1.807) is 21.3 Å². The molecule has 2 rings (SSSR count). The van der Waals surface area contributed by atoms with Gasteiger partial charge in [0.2, 0.25) is 0 Å². The van der Waals surface area contributed by atoms with E-state index in [2.05, 4.69) is 13.8 Å². The summed E-state index contributed by atoms with van der Waals surface area (Å²) < 4.78 is 33.6. The molecular formula is C21H34O6. The van der Waals surface area contributed by atoms with Gasteiger partial charge in [0.1, 0.15) is 12.5 Å². The zero-order chi connectivity index (χ0) is 19.6. The van der Waals surface area contributed by atoms with Gasteiger partial charge in [-0.15, -0.1) is 0 Å². The molecule has 0 aromatic heterocycles. The molecule has 0 saturated carbocycles. The van der Waals surface area contributed by atoms with Crippen LogP contribution in [0.3, 0.4) is 0 Å². The summed E-state index contributed by atoms with van der Waals surface area (Å²) in [7, 11) is 4.99. The molecule has 0 aliphatic carbocycles. The second-order valence-corrected chi connectivity index (χ2v) is 7.08. The Kier molecular flexibility index (Phi) is 9.51. The van der Waals surface area contributed by atoms with Crippen LogP contribution in [-0.2, 0) is 30.3 Å². The Bertz CT molecular complexity index is 520. The van der Waals surface area contributed by atoms with Gasteiger partial charge in [-0.05, 0) is 30.5 Å². The Balaban J connectivity index is 1.75. The molecule has 0 radical (unpaired) electrons. The number of hydrogen-bond acceptors (Lipinski definition) is 6. The highest BCUT2D eigenvalue weighted by atomic mass is 16.7. The van der Waals surface area contributed by atoms with E-state index in [-0.39, 0.29) is 37.1 Å². The maximum Gasteiger partial charge on any atom is 0.162 e. The molecule has 0 N–H and O–H groups in total. The van der Waals surface area contributed by atoms with E-state index >= 15 is 0 Å². The summed E-state index contributed by atoms with van der Waals surface area (Å²) in [4.78, 5) is 0. The highest BCUT2D eigenvalue weighted by Gasteiger charge is 2.42. The Morgan fingerprint density at radius 2 is 1.74 bits per heavy atom. The molecule has 1 aliphatic heterocycles. The van der Waals surface area contributed by atoms with Gasteiger partial charge >= 0.3 is 0 Å². The molecule has 154 valence electrons. The molecule has 1 aliphatic rings. The molecule has 6 nitrogen and oxygen atoms in total. The summed E-state index contributed by atoms with van der Waals surface area (Å²) in [6.07, 6.45) is 1.70. The van der Waals surface area contributed by atoms with Crippen LogP contribution >= 0.6 is 0 Å². The van der Waals surface area contributed by atoms with Crippen molar-refractivity contribution < 1.29 is 28.4 Å². The first-order valence-electron chi connectivity index (χ1n) is 9.60. The SMILES string of the molecule is COCO[C@@H]1[C@@H](C)[C@H](OC)O[C@@H](CCCOCc2ccc(OC)cc2)[C@H]1C. The summed E-state index contributed by atoms with van der Waals surface area (Å²) >= 11 is 0. The van der Waals surface area contributed by atoms with Crippen molar-refractivity contribution in [1.82, 2.24) is 0 Å². The summed E-state index contributed by atoms with van der Waals surface area (Å²) in [6, 6.07) is 7.94. The third-order valence-electron chi connectivity index (χ3n) is 5.18. The second kappa shape index (κ2) is 11.6. The van der Waals surface area contributed by atoms with E-state index in [9.17, 15) is 0 Å². The van der Waals surface area contributed by atoms with Gasteiger partial charge in [-0.2, -0.15) is 0 Å². The third kappa shape index (κ3) is 6.43. The topological polar surface area (TPSA) is 55.4 Å². The molecule has 6 heteroatoms. The summed E-state index contributed by atoms with van der Waals surface area (Å²) in [6.45, 7) is 5.84. The molecule has 1 aromatic rings. The molecule has 1 saturated heterocycles. The van der Waals surface area contributed by atoms with Crippen molar-refractivity contribution in [2.24, 2.45) is 11.8 Å². The monoisotopic (exact) mass is 382 g/mol. The van der Waals surface area contributed by atoms with Crippen LogP contribution in [0.15, 0.2) is 24.3 Å². The van der Waals surface area contributed by atoms with Gasteiger partial charge in [-0.3, -0.25) is 0 Å². The lowest BCUT2D eigenvalue weighted by molar-refractivity contribution is -0.271. The lowest BCUT2D eigenvalue weighted by Gasteiger charge is -2.44. The highest BCUT2D eigenvalue weighted by Crippen LogP contribution is 2.34. The second-order valence-electron chi connectivity index (χ2n) is 7.08. The van der Waals surface area contributed by atoms with Crippen LogP contribution in [-0.4, -0.2) is 53.2 Å². The van der Waals surface area contributed by atoms with Gasteiger partial charge < -0.3 is 28.4 Å². The first-order chi connectivity index (χ1) is 13.1. The first-order valence-corrected chi connectivity index (χ1v) is 9.60. The van der Waals surface area contributed by atoms with Crippen LogP contribution < -0.4 is 4.74 Å². The maximum absolute atomic E-state index is 6.15. The molecule has 0 spiro atoms. The average molecular weight is 382 g/mol. The van der Waals surface area contributed by atoms with Crippen LogP contribution in [0.25, 0.3) is 0 Å². The van der Waals surface area contributed by atoms with Gasteiger partial charge in [0.15, 0.2) is 6.29 Å². The summed E-state index contributed by atoms with van der Waals surface area (Å²) in [5.41, 5.74) is 1.14. The minimum absolute atomic E-state index is 0.0499. The Morgan fingerprint density at radius 3 is 2.37 bits per heavy atom. The van der Waals surface area contributed by atoms with E-state index in [0.717, 1.165) is 24.2 Å². The van der Waals surface area contributed by atoms with Crippen molar-refractivity contribution in [2.45, 2.75) is 51.8 Å². The minimum Gasteiger partial charge on any atom is -0.497 e. The van der Waals surface area contributed by atoms with Crippen molar-refractivity contribution in [2.75, 3.05) is 34.7 Å². The fourth-order valence-corrected chi connectivity index (χ4v) is 3.62. The number of methoxy groups -OCH3 is 3. The smallest absolute Gasteiger partial charge is 0.162 e. The third-order valence-corrected chi connectivity index (χ3v) is 5.18. The van der Waals surface area contributed by atoms with Crippen LogP contribution in [0.1, 0.15) is 32.3 Å². The zero-order valence-electron chi connectivity index (χ0n) is 17.2. The van der Waals surface area contributed by atoms with Crippen molar-refractivity contribution in [3.05, 3.63) is 29.8 Å². The van der Waals surface area contributed by atoms with Crippen molar-refractivity contribution >= 4 is 0 Å². The average Bonchev–Trinajstić information content (AvgIpc) is 2.69. The molecule has 1 fully saturated rings. The van der Waals surface area contributed by atoms with Gasteiger partial charge in [-0.1, -0.05) is 26.0 Å². The number of ether oxygens (including phenoxy) is 6. The predicted molar refractivity (Wildman–Crippen MR) is 103 cm³/mol. The van der Waals surface area contributed by atoms with Crippen LogP contribution in [0, 0.1) is 11.8 Å². The highest BCUT2D eigenvalue weighted by molar-refractivity contribution is 5.26. The zero-order valence-corrected chi connectivity index (χ0v) is 17.2. The molecule has 0 amide bonds. The standard InChI is InChI=1S/C21H34O6/c1-15-19(27-21(24-5)16(2)20(15)26-14-22-3)7-6-12-25-13-17-8-10-18(23-4)11-9-17/h8-11,15-16,19-21H,6-7,12-14H2,1-5H3/t15-,16-,19+,20+,21-/m1/s1. The molecule has 0 bridgehead atoms. The molecule has 27 heavy (non-hydrogen) atoms. The van der Waals surface area contributed by atoms with E-state index < -0.39 is 0 Å². The largest absolute Gasteiger partial charge is 0.497 e.